The number of aliphatic hydroxyl groups excluding tert-OH is 1. The summed E-state index contributed by atoms with van der Waals surface area (Å²) in [6.45, 7) is 5.88. The molecule has 0 saturated carbocycles. The Hall–Kier alpha value is -3.25. The molecule has 31 heavy (non-hydrogen) atoms. The summed E-state index contributed by atoms with van der Waals surface area (Å²) in [5.41, 5.74) is 3.04. The molecule has 160 valence electrons. The van der Waals surface area contributed by atoms with Gasteiger partial charge in [-0.2, -0.15) is 0 Å². The molecule has 5 rings (SSSR count). The molecule has 0 saturated heterocycles. The molecule has 6 heteroatoms. The molecule has 2 aromatic carbocycles. The average molecular weight is 420 g/mol. The van der Waals surface area contributed by atoms with Crippen molar-refractivity contribution >= 4 is 16.7 Å². The van der Waals surface area contributed by atoms with Crippen molar-refractivity contribution in [3.8, 4) is 11.5 Å². The zero-order valence-electron chi connectivity index (χ0n) is 17.6. The summed E-state index contributed by atoms with van der Waals surface area (Å²) in [6, 6.07) is 11.1. The number of aryl methyl sites for hydroxylation is 2. The minimum absolute atomic E-state index is 0.0796. The van der Waals surface area contributed by atoms with E-state index in [-0.39, 0.29) is 11.3 Å². The topological polar surface area (TPSA) is 89.1 Å². The van der Waals surface area contributed by atoms with Crippen molar-refractivity contribution < 1.29 is 24.1 Å². The van der Waals surface area contributed by atoms with Gasteiger partial charge in [-0.1, -0.05) is 26.0 Å². The molecule has 2 aliphatic rings. The second-order valence-electron chi connectivity index (χ2n) is 8.08. The summed E-state index contributed by atoms with van der Waals surface area (Å²) in [6.07, 6.45) is -0.168. The second-order valence-corrected chi connectivity index (χ2v) is 8.08. The average Bonchev–Trinajstić information content (AvgIpc) is 3.11. The Balaban J connectivity index is 1.73. The lowest BCUT2D eigenvalue weighted by Gasteiger charge is -2.26. The number of hydrogen-bond donors (Lipinski definition) is 2. The first kappa shape index (κ1) is 19.7. The van der Waals surface area contributed by atoms with Crippen LogP contribution in [0.4, 0.5) is 0 Å². The van der Waals surface area contributed by atoms with E-state index < -0.39 is 23.9 Å². The van der Waals surface area contributed by atoms with Crippen LogP contribution in [0.25, 0.3) is 16.7 Å². The maximum Gasteiger partial charge on any atom is 0.343 e. The van der Waals surface area contributed by atoms with Crippen LogP contribution in [0.1, 0.15) is 48.9 Å². The van der Waals surface area contributed by atoms with Crippen LogP contribution in [0, 0.1) is 0 Å². The molecule has 0 amide bonds. The normalized spacial score (nSPS) is 22.1. The molecule has 3 unspecified atom stereocenters. The van der Waals surface area contributed by atoms with Crippen LogP contribution in [0.3, 0.4) is 0 Å². The first-order valence-corrected chi connectivity index (χ1v) is 10.6. The second kappa shape index (κ2) is 7.17. The molecule has 0 aliphatic carbocycles. The van der Waals surface area contributed by atoms with Crippen molar-refractivity contribution in [3.05, 3.63) is 74.6 Å². The third-order valence-electron chi connectivity index (χ3n) is 6.27. The monoisotopic (exact) mass is 420 g/mol. The van der Waals surface area contributed by atoms with Crippen LogP contribution in [0.15, 0.2) is 51.2 Å². The van der Waals surface area contributed by atoms with Gasteiger partial charge < -0.3 is 24.1 Å². The quantitative estimate of drug-likeness (QED) is 0.616. The lowest BCUT2D eigenvalue weighted by molar-refractivity contribution is 0.00843. The lowest BCUT2D eigenvalue weighted by Crippen LogP contribution is -2.29. The number of aliphatic hydroxyl groups is 1. The summed E-state index contributed by atoms with van der Waals surface area (Å²) in [5, 5.41) is 22.4. The van der Waals surface area contributed by atoms with Crippen LogP contribution in [-0.2, 0) is 17.6 Å². The van der Waals surface area contributed by atoms with Crippen molar-refractivity contribution in [1.29, 1.82) is 0 Å². The van der Waals surface area contributed by atoms with Gasteiger partial charge in [0.1, 0.15) is 28.9 Å². The first-order valence-electron chi connectivity index (χ1n) is 10.6. The van der Waals surface area contributed by atoms with Crippen molar-refractivity contribution in [2.75, 3.05) is 0 Å². The zero-order valence-corrected chi connectivity index (χ0v) is 17.6. The van der Waals surface area contributed by atoms with Crippen molar-refractivity contribution in [2.45, 2.75) is 51.9 Å². The van der Waals surface area contributed by atoms with E-state index in [0.717, 1.165) is 29.5 Å². The van der Waals surface area contributed by atoms with Gasteiger partial charge in [0.05, 0.1) is 28.0 Å². The smallest absolute Gasteiger partial charge is 0.343 e. The molecule has 2 aliphatic heterocycles. The largest absolute Gasteiger partial charge is 0.507 e. The van der Waals surface area contributed by atoms with E-state index in [0.29, 0.717) is 28.1 Å². The third-order valence-corrected chi connectivity index (χ3v) is 6.27. The Morgan fingerprint density at radius 1 is 1.00 bits per heavy atom. The van der Waals surface area contributed by atoms with E-state index in [4.69, 9.17) is 13.9 Å². The Bertz CT molecular complexity index is 1290. The molecule has 0 bridgehead atoms. The predicted molar refractivity (Wildman–Crippen MR) is 116 cm³/mol. The lowest BCUT2D eigenvalue weighted by atomic mass is 9.85. The van der Waals surface area contributed by atoms with Crippen LogP contribution in [0.5, 0.6) is 11.5 Å². The van der Waals surface area contributed by atoms with Gasteiger partial charge in [-0.15, -0.1) is 0 Å². The highest BCUT2D eigenvalue weighted by Gasteiger charge is 2.46. The zero-order chi connectivity index (χ0) is 21.9. The van der Waals surface area contributed by atoms with Gasteiger partial charge >= 0.3 is 5.63 Å². The minimum atomic E-state index is -1.29. The number of fused-ring (bicyclic) bond motifs is 3. The Morgan fingerprint density at radius 3 is 2.45 bits per heavy atom. The Morgan fingerprint density at radius 2 is 1.71 bits per heavy atom. The molecule has 3 heterocycles. The van der Waals surface area contributed by atoms with E-state index >= 15 is 0 Å². The molecule has 6 nitrogen and oxygen atoms in total. The SMILES string of the molecule is CCc1ccc2c(c1)C1=C(C(O)O2)C(c2c(O)c3cc(CC)ccc3oc2=O)C(C)O1. The summed E-state index contributed by atoms with van der Waals surface area (Å²) in [4.78, 5) is 12.9. The molecule has 3 atom stereocenters. The molecule has 1 aromatic heterocycles. The maximum absolute atomic E-state index is 12.9. The molecule has 2 N–H and O–H groups in total. The van der Waals surface area contributed by atoms with Crippen LogP contribution in [-0.4, -0.2) is 22.6 Å². The van der Waals surface area contributed by atoms with E-state index in [9.17, 15) is 15.0 Å². The van der Waals surface area contributed by atoms with E-state index in [1.807, 2.05) is 44.2 Å². The van der Waals surface area contributed by atoms with Gasteiger partial charge in [-0.3, -0.25) is 0 Å². The Kier molecular flexibility index (Phi) is 4.55. The fraction of sp³-hybridized carbons (Fsp3) is 0.320. The Labute approximate surface area is 179 Å². The predicted octanol–water partition coefficient (Wildman–Crippen LogP) is 4.25. The standard InChI is InChI=1S/C25H24O6/c1-4-13-6-8-17-15(10-13)22(26)20(24(27)30-17)19-12(3)29-23-16-11-14(5-2)7-9-18(16)31-25(28)21(19)23/h6-12,19,25-26,28H,4-5H2,1-3H3. The fourth-order valence-corrected chi connectivity index (χ4v) is 4.59. The van der Waals surface area contributed by atoms with Crippen molar-refractivity contribution in [2.24, 2.45) is 0 Å². The van der Waals surface area contributed by atoms with Crippen molar-refractivity contribution in [3.63, 3.8) is 0 Å². The van der Waals surface area contributed by atoms with Crippen LogP contribution >= 0.6 is 0 Å². The summed E-state index contributed by atoms with van der Waals surface area (Å²) < 4.78 is 17.4. The minimum Gasteiger partial charge on any atom is -0.507 e. The van der Waals surface area contributed by atoms with Gasteiger partial charge in [0.2, 0.25) is 6.29 Å². The van der Waals surface area contributed by atoms with Gasteiger partial charge in [0.25, 0.3) is 0 Å². The fourth-order valence-electron chi connectivity index (χ4n) is 4.59. The van der Waals surface area contributed by atoms with Crippen molar-refractivity contribution in [1.82, 2.24) is 0 Å². The molecule has 0 radical (unpaired) electrons. The van der Waals surface area contributed by atoms with Gasteiger partial charge in [-0.25, -0.2) is 4.79 Å². The highest BCUT2D eigenvalue weighted by Crippen LogP contribution is 2.51. The third kappa shape index (κ3) is 2.93. The first-order chi connectivity index (χ1) is 14.9. The number of ether oxygens (including phenoxy) is 2. The summed E-state index contributed by atoms with van der Waals surface area (Å²) in [5.74, 6) is 0.187. The molecular weight excluding hydrogens is 396 g/mol. The van der Waals surface area contributed by atoms with Gasteiger partial charge in [-0.05, 0) is 55.2 Å². The van der Waals surface area contributed by atoms with Gasteiger partial charge in [0.15, 0.2) is 0 Å². The van der Waals surface area contributed by atoms with Gasteiger partial charge in [0, 0.05) is 0 Å². The van der Waals surface area contributed by atoms with Crippen LogP contribution < -0.4 is 10.4 Å². The van der Waals surface area contributed by atoms with E-state index in [1.165, 1.54) is 0 Å². The molecule has 0 spiro atoms. The van der Waals surface area contributed by atoms with Crippen LogP contribution in [0.2, 0.25) is 0 Å². The molecular formula is C25H24O6. The number of benzene rings is 2. The van der Waals surface area contributed by atoms with E-state index in [1.54, 1.807) is 6.07 Å². The number of aromatic hydroxyl groups is 1. The molecule has 3 aromatic rings. The highest BCUT2D eigenvalue weighted by atomic mass is 16.6. The highest BCUT2D eigenvalue weighted by molar-refractivity contribution is 5.86. The number of rotatable bonds is 3. The summed E-state index contributed by atoms with van der Waals surface area (Å²) >= 11 is 0. The summed E-state index contributed by atoms with van der Waals surface area (Å²) in [7, 11) is 0. The maximum atomic E-state index is 12.9. The van der Waals surface area contributed by atoms with E-state index in [2.05, 4.69) is 6.92 Å². The number of hydrogen-bond acceptors (Lipinski definition) is 6. The molecule has 0 fully saturated rings.